The van der Waals surface area contributed by atoms with E-state index in [4.69, 9.17) is 9.47 Å². The summed E-state index contributed by atoms with van der Waals surface area (Å²) in [5.41, 5.74) is 0. The van der Waals surface area contributed by atoms with Gasteiger partial charge in [0.15, 0.2) is 6.10 Å². The largest absolute Gasteiger partial charge is 0.462 e. The highest BCUT2D eigenvalue weighted by Gasteiger charge is 2.16. The molecule has 72 heavy (non-hydrogen) atoms. The van der Waals surface area contributed by atoms with Gasteiger partial charge in [-0.1, -0.05) is 291 Å². The van der Waals surface area contributed by atoms with Gasteiger partial charge in [-0.2, -0.15) is 0 Å². The maximum Gasteiger partial charge on any atom is 0.306 e. The molecule has 1 atom stereocenters. The number of rotatable bonds is 56. The number of carbonyl (C=O) groups excluding carboxylic acids is 2. The van der Waals surface area contributed by atoms with E-state index < -0.39 is 6.10 Å². The molecule has 414 valence electrons. The minimum atomic E-state index is -0.781. The van der Waals surface area contributed by atoms with E-state index in [0.717, 1.165) is 96.3 Å². The number of ether oxygens (including phenoxy) is 2. The van der Waals surface area contributed by atoms with Crippen LogP contribution in [0.5, 0.6) is 0 Å². The minimum absolute atomic E-state index is 0.0741. The van der Waals surface area contributed by atoms with Crippen molar-refractivity contribution in [1.29, 1.82) is 0 Å². The summed E-state index contributed by atoms with van der Waals surface area (Å²) in [6, 6.07) is 0. The van der Waals surface area contributed by atoms with Gasteiger partial charge in [0, 0.05) is 12.8 Å². The fourth-order valence-electron chi connectivity index (χ4n) is 8.83. The molecule has 0 amide bonds. The first-order chi connectivity index (χ1) is 35.6. The van der Waals surface area contributed by atoms with E-state index in [2.05, 4.69) is 111 Å². The lowest BCUT2D eigenvalue weighted by Gasteiger charge is -2.15. The van der Waals surface area contributed by atoms with Crippen LogP contribution in [-0.2, 0) is 19.1 Å². The summed E-state index contributed by atoms with van der Waals surface area (Å²) in [5.74, 6) is -0.599. The van der Waals surface area contributed by atoms with E-state index in [0.29, 0.717) is 12.8 Å². The van der Waals surface area contributed by atoms with Crippen LogP contribution in [0.15, 0.2) is 97.2 Å². The fraction of sp³-hybridized carbons (Fsp3) is 0.731. The van der Waals surface area contributed by atoms with Crippen LogP contribution in [-0.4, -0.2) is 36.4 Å². The molecular formula is C67H116O5. The molecule has 0 aliphatic heterocycles. The van der Waals surface area contributed by atoms with Crippen molar-refractivity contribution in [2.24, 2.45) is 0 Å². The zero-order valence-electron chi connectivity index (χ0n) is 47.4. The van der Waals surface area contributed by atoms with Crippen molar-refractivity contribution in [3.63, 3.8) is 0 Å². The normalized spacial score (nSPS) is 12.9. The van der Waals surface area contributed by atoms with Crippen molar-refractivity contribution in [2.45, 2.75) is 302 Å². The van der Waals surface area contributed by atoms with E-state index >= 15 is 0 Å². The molecule has 5 heteroatoms. The SMILES string of the molecule is CC/C=C\C/C=C\C/C=C\C/C=C\CCCCCCCCCCCCCCCCCCCCCCCCCCCCC(=O)OC(CO)COC(=O)CCCCCCCC/C=C\C/C=C\C/C=C\C/C=C\CC. The molecule has 0 heterocycles. The highest BCUT2D eigenvalue weighted by Crippen LogP contribution is 2.17. The Bertz CT molecular complexity index is 1360. The van der Waals surface area contributed by atoms with Crippen LogP contribution in [0, 0.1) is 0 Å². The van der Waals surface area contributed by atoms with Gasteiger partial charge < -0.3 is 14.6 Å². The van der Waals surface area contributed by atoms with Gasteiger partial charge in [-0.25, -0.2) is 0 Å². The van der Waals surface area contributed by atoms with Gasteiger partial charge in [-0.05, 0) is 89.9 Å². The maximum atomic E-state index is 12.3. The van der Waals surface area contributed by atoms with Crippen molar-refractivity contribution in [1.82, 2.24) is 0 Å². The molecule has 0 aliphatic rings. The average Bonchev–Trinajstić information content (AvgIpc) is 3.38. The van der Waals surface area contributed by atoms with Crippen molar-refractivity contribution in [3.05, 3.63) is 97.2 Å². The summed E-state index contributed by atoms with van der Waals surface area (Å²) < 4.78 is 10.7. The smallest absolute Gasteiger partial charge is 0.306 e. The first-order valence-electron chi connectivity index (χ1n) is 30.8. The lowest BCUT2D eigenvalue weighted by Crippen LogP contribution is -2.28. The first-order valence-corrected chi connectivity index (χ1v) is 30.8. The molecule has 0 saturated heterocycles. The predicted molar refractivity (Wildman–Crippen MR) is 316 cm³/mol. The zero-order valence-corrected chi connectivity index (χ0v) is 47.4. The van der Waals surface area contributed by atoms with Gasteiger partial charge >= 0.3 is 11.9 Å². The van der Waals surface area contributed by atoms with Crippen molar-refractivity contribution in [3.8, 4) is 0 Å². The molecule has 0 aliphatic carbocycles. The number of hydrogen-bond acceptors (Lipinski definition) is 5. The molecule has 0 aromatic heterocycles. The lowest BCUT2D eigenvalue weighted by atomic mass is 10.0. The Morgan fingerprint density at radius 1 is 0.319 bits per heavy atom. The Morgan fingerprint density at radius 3 is 0.833 bits per heavy atom. The Balaban J connectivity index is 3.42. The van der Waals surface area contributed by atoms with Gasteiger partial charge in [0.25, 0.3) is 0 Å². The quantitative estimate of drug-likeness (QED) is 0.0373. The number of hydrogen-bond donors (Lipinski definition) is 1. The third-order valence-corrected chi connectivity index (χ3v) is 13.4. The summed E-state index contributed by atoms with van der Waals surface area (Å²) in [5, 5.41) is 9.66. The summed E-state index contributed by atoms with van der Waals surface area (Å²) in [6.45, 7) is 3.92. The second kappa shape index (κ2) is 62.1. The Kier molecular flexibility index (Phi) is 59.4. The Labute approximate surface area is 447 Å². The van der Waals surface area contributed by atoms with Gasteiger partial charge in [-0.15, -0.1) is 0 Å². The molecule has 0 bridgehead atoms. The van der Waals surface area contributed by atoms with Gasteiger partial charge in [-0.3, -0.25) is 9.59 Å². The fourth-order valence-corrected chi connectivity index (χ4v) is 8.83. The molecule has 0 saturated carbocycles. The van der Waals surface area contributed by atoms with Crippen molar-refractivity contribution >= 4 is 11.9 Å². The molecule has 0 aromatic rings. The Hall–Kier alpha value is -3.18. The van der Waals surface area contributed by atoms with Crippen LogP contribution in [0.25, 0.3) is 0 Å². The number of aliphatic hydroxyl groups is 1. The molecule has 0 fully saturated rings. The number of unbranched alkanes of at least 4 members (excludes halogenated alkanes) is 32. The molecule has 0 spiro atoms. The first kappa shape index (κ1) is 68.8. The minimum Gasteiger partial charge on any atom is -0.462 e. The second-order valence-electron chi connectivity index (χ2n) is 20.4. The van der Waals surface area contributed by atoms with Crippen LogP contribution in [0.4, 0.5) is 0 Å². The van der Waals surface area contributed by atoms with Crippen molar-refractivity contribution in [2.75, 3.05) is 13.2 Å². The van der Waals surface area contributed by atoms with Gasteiger partial charge in [0.2, 0.25) is 0 Å². The number of aliphatic hydroxyl groups excluding tert-OH is 1. The van der Waals surface area contributed by atoms with E-state index in [9.17, 15) is 14.7 Å². The van der Waals surface area contributed by atoms with E-state index in [1.54, 1.807) is 0 Å². The highest BCUT2D eigenvalue weighted by molar-refractivity contribution is 5.70. The predicted octanol–water partition coefficient (Wildman–Crippen LogP) is 21.1. The summed E-state index contributed by atoms with van der Waals surface area (Å²) >= 11 is 0. The number of esters is 2. The summed E-state index contributed by atoms with van der Waals surface area (Å²) in [7, 11) is 0. The average molecular weight is 1000 g/mol. The third kappa shape index (κ3) is 59.4. The molecule has 0 aromatic carbocycles. The molecular weight excluding hydrogens is 885 g/mol. The van der Waals surface area contributed by atoms with Crippen LogP contribution in [0.1, 0.15) is 296 Å². The van der Waals surface area contributed by atoms with Gasteiger partial charge in [0.1, 0.15) is 6.61 Å². The topological polar surface area (TPSA) is 72.8 Å². The van der Waals surface area contributed by atoms with Crippen LogP contribution >= 0.6 is 0 Å². The maximum absolute atomic E-state index is 12.3. The van der Waals surface area contributed by atoms with Crippen LogP contribution in [0.3, 0.4) is 0 Å². The van der Waals surface area contributed by atoms with Crippen LogP contribution < -0.4 is 0 Å². The monoisotopic (exact) mass is 1000 g/mol. The third-order valence-electron chi connectivity index (χ3n) is 13.4. The molecule has 0 rings (SSSR count). The second-order valence-corrected chi connectivity index (χ2v) is 20.4. The summed E-state index contributed by atoms with van der Waals surface area (Å²) in [4.78, 5) is 24.5. The Morgan fingerprint density at radius 2 is 0.556 bits per heavy atom. The van der Waals surface area contributed by atoms with E-state index in [1.807, 2.05) is 0 Å². The van der Waals surface area contributed by atoms with E-state index in [1.165, 1.54) is 173 Å². The van der Waals surface area contributed by atoms with E-state index in [-0.39, 0.29) is 25.2 Å². The van der Waals surface area contributed by atoms with Crippen molar-refractivity contribution < 1.29 is 24.2 Å². The van der Waals surface area contributed by atoms with Crippen LogP contribution in [0.2, 0.25) is 0 Å². The molecule has 0 radical (unpaired) electrons. The summed E-state index contributed by atoms with van der Waals surface area (Å²) in [6.07, 6.45) is 88.5. The number of carbonyl (C=O) groups is 2. The lowest BCUT2D eigenvalue weighted by molar-refractivity contribution is -0.161. The molecule has 1 N–H and O–H groups in total. The highest BCUT2D eigenvalue weighted by atomic mass is 16.6. The molecule has 1 unspecified atom stereocenters. The molecule has 5 nitrogen and oxygen atoms in total. The number of allylic oxidation sites excluding steroid dienone is 16. The zero-order chi connectivity index (χ0) is 52.0. The van der Waals surface area contributed by atoms with Gasteiger partial charge in [0.05, 0.1) is 6.61 Å². The standard InChI is InChI=1S/C67H116O5/c1-3-5-7-9-11-13-15-17-19-21-23-24-25-26-27-28-29-30-31-32-33-34-35-36-37-38-39-40-41-42-44-46-48-50-52-54-56-58-60-62-67(70)72-65(63-68)64-71-66(69)61-59-57-55-53-51-49-47-45-43-22-20-18-16-14-12-10-8-6-4-2/h5-8,11-14,17-20,23-24,43,45,65,68H,3-4,9-10,15-16,21-22,25-42,44,46-64H2,1-2H3/b7-5-,8-6-,13-11-,14-12-,19-17-,20-18-,24-23-,45-43-.